The van der Waals surface area contributed by atoms with Gasteiger partial charge in [0, 0.05) is 54.3 Å². The average Bonchev–Trinajstić information content (AvgIpc) is 4.05. The summed E-state index contributed by atoms with van der Waals surface area (Å²) in [6.07, 6.45) is 0. The van der Waals surface area contributed by atoms with Crippen molar-refractivity contribution >= 4 is 65.8 Å². The lowest BCUT2D eigenvalue weighted by Gasteiger charge is -2.31. The maximum absolute atomic E-state index is 6.94. The highest BCUT2D eigenvalue weighted by Crippen LogP contribution is 2.63. The fourth-order valence-electron chi connectivity index (χ4n) is 10.5. The van der Waals surface area contributed by atoms with Gasteiger partial charge in [0.1, 0.15) is 45.0 Å². The van der Waals surface area contributed by atoms with Gasteiger partial charge < -0.3 is 17.7 Å². The van der Waals surface area contributed by atoms with Gasteiger partial charge in [-0.25, -0.2) is 0 Å². The first-order valence-corrected chi connectivity index (χ1v) is 19.4. The standard InChI is InChI=1S/C52H34O4/c1-51(2)35-26-34(42-24-28-14-6-10-18-38(28)54-42)49-46(30-16-8-12-20-40(30)55-49)44(35)31-21-22-32-45-36(52(3,4)48(32)47(31)51)25-33(41-23-27-13-5-9-17-37(27)53-41)43-29-15-7-11-19-39(29)56-50(43)45/h5-26H,1-4H3. The van der Waals surface area contributed by atoms with Crippen LogP contribution in [0.15, 0.2) is 151 Å². The molecule has 7 aromatic carbocycles. The molecule has 0 saturated heterocycles. The summed E-state index contributed by atoms with van der Waals surface area (Å²) < 4.78 is 26.9. The van der Waals surface area contributed by atoms with Gasteiger partial charge in [-0.1, -0.05) is 113 Å². The normalized spacial score (nSPS) is 15.1. The molecule has 0 fully saturated rings. The Balaban J connectivity index is 1.12. The molecule has 4 heterocycles. The lowest BCUT2D eigenvalue weighted by atomic mass is 9.72. The van der Waals surface area contributed by atoms with Crippen molar-refractivity contribution in [1.29, 1.82) is 0 Å². The lowest BCUT2D eigenvalue weighted by Crippen LogP contribution is -2.24. The van der Waals surface area contributed by atoms with E-state index in [4.69, 9.17) is 17.7 Å². The third kappa shape index (κ3) is 3.65. The van der Waals surface area contributed by atoms with Crippen LogP contribution in [0.4, 0.5) is 0 Å². The van der Waals surface area contributed by atoms with E-state index in [0.29, 0.717) is 0 Å². The molecule has 0 bridgehead atoms. The molecule has 0 aliphatic heterocycles. The molecule has 0 amide bonds. The van der Waals surface area contributed by atoms with Crippen LogP contribution in [0.25, 0.3) is 111 Å². The van der Waals surface area contributed by atoms with Gasteiger partial charge in [0.05, 0.1) is 5.56 Å². The van der Waals surface area contributed by atoms with Crippen LogP contribution in [-0.2, 0) is 10.8 Å². The Bertz CT molecular complexity index is 3470. The van der Waals surface area contributed by atoms with E-state index in [1.165, 1.54) is 44.5 Å². The molecule has 56 heavy (non-hydrogen) atoms. The molecule has 0 unspecified atom stereocenters. The zero-order valence-corrected chi connectivity index (χ0v) is 31.3. The van der Waals surface area contributed by atoms with Crippen molar-refractivity contribution in [3.8, 4) is 44.9 Å². The summed E-state index contributed by atoms with van der Waals surface area (Å²) >= 11 is 0. The SMILES string of the molecule is CC1(C)c2cc(-c3cc4ccccc4o3)c3c(oc4ccccc43)c2-c2ccc3c(c21)C(C)(C)c1cc(-c2cc4ccccc4o2)c2oc4ccccc4c2c1-3. The van der Waals surface area contributed by atoms with Crippen molar-refractivity contribution in [1.82, 2.24) is 0 Å². The summed E-state index contributed by atoms with van der Waals surface area (Å²) in [5.41, 5.74) is 16.7. The number of rotatable bonds is 2. The van der Waals surface area contributed by atoms with E-state index >= 15 is 0 Å². The molecule has 2 aliphatic carbocycles. The maximum atomic E-state index is 6.94. The second-order valence-corrected chi connectivity index (χ2v) is 16.8. The maximum Gasteiger partial charge on any atom is 0.147 e. The molecule has 0 spiro atoms. The zero-order chi connectivity index (χ0) is 37.2. The molecule has 13 rings (SSSR count). The number of hydrogen-bond acceptors (Lipinski definition) is 4. The van der Waals surface area contributed by atoms with Crippen LogP contribution in [0.5, 0.6) is 0 Å². The highest BCUT2D eigenvalue weighted by atomic mass is 16.4. The van der Waals surface area contributed by atoms with Crippen molar-refractivity contribution in [3.63, 3.8) is 0 Å². The van der Waals surface area contributed by atoms with Crippen LogP contribution < -0.4 is 0 Å². The molecular weight excluding hydrogens is 689 g/mol. The van der Waals surface area contributed by atoms with E-state index in [0.717, 1.165) is 88.5 Å². The smallest absolute Gasteiger partial charge is 0.147 e. The first-order valence-electron chi connectivity index (χ1n) is 19.4. The Hall–Kier alpha value is -6.78. The minimum absolute atomic E-state index is 0.350. The van der Waals surface area contributed by atoms with Gasteiger partial charge >= 0.3 is 0 Å². The minimum atomic E-state index is -0.359. The third-order valence-corrected chi connectivity index (χ3v) is 13.0. The van der Waals surface area contributed by atoms with Crippen LogP contribution in [-0.4, -0.2) is 0 Å². The Morgan fingerprint density at radius 1 is 0.375 bits per heavy atom. The topological polar surface area (TPSA) is 52.6 Å². The van der Waals surface area contributed by atoms with E-state index in [1.54, 1.807) is 0 Å². The third-order valence-electron chi connectivity index (χ3n) is 13.0. The second kappa shape index (κ2) is 10.1. The minimum Gasteiger partial charge on any atom is -0.456 e. The summed E-state index contributed by atoms with van der Waals surface area (Å²) in [4.78, 5) is 0. The van der Waals surface area contributed by atoms with Gasteiger partial charge in [-0.05, 0) is 87.5 Å². The number of fused-ring (bicyclic) bond motifs is 17. The van der Waals surface area contributed by atoms with Gasteiger partial charge in [-0.3, -0.25) is 0 Å². The van der Waals surface area contributed by atoms with Crippen molar-refractivity contribution in [2.24, 2.45) is 0 Å². The molecule has 0 saturated carbocycles. The van der Waals surface area contributed by atoms with Crippen molar-refractivity contribution in [3.05, 3.63) is 156 Å². The molecule has 266 valence electrons. The fourth-order valence-corrected chi connectivity index (χ4v) is 10.5. The van der Waals surface area contributed by atoms with Crippen molar-refractivity contribution < 1.29 is 17.7 Å². The summed E-state index contributed by atoms with van der Waals surface area (Å²) in [5.74, 6) is 1.66. The molecular formula is C52H34O4. The number of benzene rings is 7. The molecule has 4 heteroatoms. The Kier molecular flexibility index (Phi) is 5.50. The summed E-state index contributed by atoms with van der Waals surface area (Å²) in [6.45, 7) is 9.56. The van der Waals surface area contributed by atoms with Crippen LogP contribution in [0.2, 0.25) is 0 Å². The monoisotopic (exact) mass is 722 g/mol. The lowest BCUT2D eigenvalue weighted by molar-refractivity contribution is 0.599. The number of furan rings is 4. The van der Waals surface area contributed by atoms with E-state index < -0.39 is 0 Å². The Morgan fingerprint density at radius 3 is 1.45 bits per heavy atom. The molecule has 4 aromatic heterocycles. The number of para-hydroxylation sites is 4. The quantitative estimate of drug-likeness (QED) is 0.178. The highest BCUT2D eigenvalue weighted by molar-refractivity contribution is 6.21. The van der Waals surface area contributed by atoms with Crippen molar-refractivity contribution in [2.45, 2.75) is 38.5 Å². The van der Waals surface area contributed by atoms with Gasteiger partial charge in [0.15, 0.2) is 0 Å². The fraction of sp³-hybridized carbons (Fsp3) is 0.115. The summed E-state index contributed by atoms with van der Waals surface area (Å²) in [6, 6.07) is 47.0. The van der Waals surface area contributed by atoms with E-state index in [-0.39, 0.29) is 10.8 Å². The van der Waals surface area contributed by atoms with Gasteiger partial charge in [0.2, 0.25) is 0 Å². The Labute approximate surface area is 321 Å². The molecule has 2 aliphatic rings. The Morgan fingerprint density at radius 2 is 0.839 bits per heavy atom. The molecule has 0 atom stereocenters. The average molecular weight is 723 g/mol. The van der Waals surface area contributed by atoms with Crippen molar-refractivity contribution in [2.75, 3.05) is 0 Å². The molecule has 4 nitrogen and oxygen atoms in total. The van der Waals surface area contributed by atoms with Gasteiger partial charge in [0.25, 0.3) is 0 Å². The largest absolute Gasteiger partial charge is 0.456 e. The summed E-state index contributed by atoms with van der Waals surface area (Å²) in [5, 5.41) is 6.60. The highest BCUT2D eigenvalue weighted by Gasteiger charge is 2.48. The van der Waals surface area contributed by atoms with Crippen LogP contribution in [0.1, 0.15) is 49.9 Å². The molecule has 11 aromatic rings. The second-order valence-electron chi connectivity index (χ2n) is 16.8. The summed E-state index contributed by atoms with van der Waals surface area (Å²) in [7, 11) is 0. The molecule has 0 N–H and O–H groups in total. The van der Waals surface area contributed by atoms with Gasteiger partial charge in [-0.2, -0.15) is 0 Å². The van der Waals surface area contributed by atoms with Crippen LogP contribution >= 0.6 is 0 Å². The van der Waals surface area contributed by atoms with Crippen LogP contribution in [0, 0.1) is 0 Å². The predicted octanol–water partition coefficient (Wildman–Crippen LogP) is 14.9. The van der Waals surface area contributed by atoms with E-state index in [1.807, 2.05) is 24.3 Å². The molecule has 0 radical (unpaired) electrons. The first kappa shape index (κ1) is 30.5. The van der Waals surface area contributed by atoms with Crippen LogP contribution in [0.3, 0.4) is 0 Å². The first-order chi connectivity index (χ1) is 27.3. The van der Waals surface area contributed by atoms with E-state index in [2.05, 4.69) is 137 Å². The number of hydrogen-bond donors (Lipinski definition) is 0. The van der Waals surface area contributed by atoms with E-state index in [9.17, 15) is 0 Å². The van der Waals surface area contributed by atoms with Gasteiger partial charge in [-0.15, -0.1) is 0 Å². The zero-order valence-electron chi connectivity index (χ0n) is 31.3. The predicted molar refractivity (Wildman–Crippen MR) is 227 cm³/mol.